The molecule has 0 bridgehead atoms. The van der Waals surface area contributed by atoms with E-state index in [9.17, 15) is 9.59 Å². The fourth-order valence-corrected chi connectivity index (χ4v) is 4.72. The van der Waals surface area contributed by atoms with Crippen molar-refractivity contribution >= 4 is 23.2 Å². The second-order valence-electron chi connectivity index (χ2n) is 9.56. The number of hydrogen-bond donors (Lipinski definition) is 2. The van der Waals surface area contributed by atoms with Crippen molar-refractivity contribution in [3.8, 4) is 10.4 Å². The highest BCUT2D eigenvalue weighted by atomic mass is 32.1. The van der Waals surface area contributed by atoms with E-state index >= 15 is 0 Å². The zero-order valence-electron chi connectivity index (χ0n) is 19.7. The molecule has 1 aliphatic rings. The molecule has 1 aromatic carbocycles. The van der Waals surface area contributed by atoms with Crippen LogP contribution in [0.5, 0.6) is 0 Å². The highest BCUT2D eigenvalue weighted by Gasteiger charge is 2.43. The van der Waals surface area contributed by atoms with Gasteiger partial charge in [-0.05, 0) is 30.4 Å². The first-order chi connectivity index (χ1) is 15.0. The minimum Gasteiger partial charge on any atom is -0.380 e. The van der Waals surface area contributed by atoms with Gasteiger partial charge in [0, 0.05) is 20.1 Å². The Labute approximate surface area is 194 Å². The lowest BCUT2D eigenvalue weighted by atomic mass is 9.86. The first-order valence-electron chi connectivity index (χ1n) is 10.9. The second-order valence-corrected chi connectivity index (χ2v) is 10.4. The van der Waals surface area contributed by atoms with Crippen LogP contribution in [0.4, 0.5) is 0 Å². The summed E-state index contributed by atoms with van der Waals surface area (Å²) in [6, 6.07) is 6.65. The topological polar surface area (TPSA) is 97.5 Å². The minimum absolute atomic E-state index is 0.181. The van der Waals surface area contributed by atoms with Gasteiger partial charge in [0.2, 0.25) is 11.8 Å². The van der Waals surface area contributed by atoms with Gasteiger partial charge in [0.1, 0.15) is 6.04 Å². The largest absolute Gasteiger partial charge is 0.380 e. The minimum atomic E-state index is -0.687. The molecule has 32 heavy (non-hydrogen) atoms. The third kappa shape index (κ3) is 5.19. The number of ether oxygens (including phenoxy) is 1. The number of nitrogens with two attached hydrogens (primary N) is 1. The van der Waals surface area contributed by atoms with Gasteiger partial charge < -0.3 is 20.7 Å². The lowest BCUT2D eigenvalue weighted by Crippen LogP contribution is -2.55. The number of thiazole rings is 1. The summed E-state index contributed by atoms with van der Waals surface area (Å²) in [5, 5.41) is 3.07. The third-order valence-electron chi connectivity index (χ3n) is 6.16. The second kappa shape index (κ2) is 9.68. The van der Waals surface area contributed by atoms with Crippen LogP contribution in [0, 0.1) is 12.3 Å². The lowest BCUT2D eigenvalue weighted by Gasteiger charge is -2.32. The fraction of sp³-hybridized carbons (Fsp3) is 0.542. The lowest BCUT2D eigenvalue weighted by molar-refractivity contribution is -0.141. The van der Waals surface area contributed by atoms with Crippen molar-refractivity contribution < 1.29 is 14.3 Å². The molecule has 0 saturated carbocycles. The molecule has 0 aliphatic carbocycles. The molecule has 174 valence electrons. The molecular formula is C24H34N4O3S. The van der Waals surface area contributed by atoms with Gasteiger partial charge in [0.15, 0.2) is 0 Å². The molecule has 0 radical (unpaired) electrons. The van der Waals surface area contributed by atoms with Gasteiger partial charge in [0.05, 0.1) is 34.3 Å². The van der Waals surface area contributed by atoms with Crippen LogP contribution < -0.4 is 11.1 Å². The molecule has 1 aromatic heterocycles. The van der Waals surface area contributed by atoms with Crippen molar-refractivity contribution in [2.24, 2.45) is 11.1 Å². The molecule has 1 saturated heterocycles. The fourth-order valence-electron chi connectivity index (χ4n) is 3.90. The maximum atomic E-state index is 13.2. The predicted molar refractivity (Wildman–Crippen MR) is 127 cm³/mol. The summed E-state index contributed by atoms with van der Waals surface area (Å²) in [6.45, 7) is 10.1. The first-order valence-corrected chi connectivity index (χ1v) is 11.8. The number of likely N-dealkylation sites (tertiary alicyclic amines) is 1. The van der Waals surface area contributed by atoms with Crippen molar-refractivity contribution in [2.45, 2.75) is 65.3 Å². The third-order valence-corrected chi connectivity index (χ3v) is 7.14. The molecule has 1 fully saturated rings. The number of rotatable bonds is 6. The maximum absolute atomic E-state index is 13.2. The smallest absolute Gasteiger partial charge is 0.243 e. The normalized spacial score (nSPS) is 20.8. The van der Waals surface area contributed by atoms with E-state index in [2.05, 4.69) is 10.3 Å². The van der Waals surface area contributed by atoms with Crippen molar-refractivity contribution in [3.63, 3.8) is 0 Å². The molecule has 4 atom stereocenters. The summed E-state index contributed by atoms with van der Waals surface area (Å²) in [7, 11) is 1.60. The van der Waals surface area contributed by atoms with Gasteiger partial charge >= 0.3 is 0 Å². The molecule has 1 aliphatic heterocycles. The van der Waals surface area contributed by atoms with E-state index in [-0.39, 0.29) is 24.0 Å². The summed E-state index contributed by atoms with van der Waals surface area (Å²) in [5.74, 6) is -0.400. The Morgan fingerprint density at radius 3 is 2.47 bits per heavy atom. The Bertz CT molecular complexity index is 951. The highest BCUT2D eigenvalue weighted by molar-refractivity contribution is 7.13. The number of methoxy groups -OCH3 is 1. The number of benzene rings is 1. The Kier molecular flexibility index (Phi) is 7.37. The molecule has 2 amide bonds. The zero-order chi connectivity index (χ0) is 23.6. The number of aromatic nitrogens is 1. The van der Waals surface area contributed by atoms with Crippen LogP contribution in [-0.4, -0.2) is 53.5 Å². The molecule has 0 unspecified atom stereocenters. The van der Waals surface area contributed by atoms with Crippen LogP contribution in [0.15, 0.2) is 29.8 Å². The number of nitrogens with one attached hydrogen (secondary N) is 1. The van der Waals surface area contributed by atoms with Crippen LogP contribution in [0.1, 0.15) is 51.4 Å². The van der Waals surface area contributed by atoms with Gasteiger partial charge in [0.25, 0.3) is 0 Å². The standard InChI is InChI=1S/C24H34N4O3S/c1-14(16-7-9-17(10-8-16)20-15(2)26-13-32-20)27-22(29)19-11-18(31-6)12-28(19)23(30)21(25)24(3,4)5/h7-10,13-14,18-19,21H,11-12,25H2,1-6H3,(H,27,29)/t14-,18+,19-,21+/m0/s1. The van der Waals surface area contributed by atoms with Crippen LogP contribution >= 0.6 is 11.3 Å². The van der Waals surface area contributed by atoms with Gasteiger partial charge in [-0.2, -0.15) is 0 Å². The average molecular weight is 459 g/mol. The van der Waals surface area contributed by atoms with Crippen LogP contribution in [0.2, 0.25) is 0 Å². The SMILES string of the molecule is CO[C@@H]1C[C@@H](C(=O)N[C@@H](C)c2ccc(-c3scnc3C)cc2)N(C(=O)[C@@H](N)C(C)(C)C)C1. The van der Waals surface area contributed by atoms with E-state index in [0.717, 1.165) is 21.7 Å². The number of aryl methyl sites for hydroxylation is 1. The Morgan fingerprint density at radius 2 is 1.94 bits per heavy atom. The first kappa shape index (κ1) is 24.4. The molecule has 8 heteroatoms. The van der Waals surface area contributed by atoms with Crippen molar-refractivity contribution in [3.05, 3.63) is 41.0 Å². The van der Waals surface area contributed by atoms with Gasteiger partial charge in [-0.1, -0.05) is 45.0 Å². The number of nitrogens with zero attached hydrogens (tertiary/aromatic N) is 2. The molecule has 0 spiro atoms. The summed E-state index contributed by atoms with van der Waals surface area (Å²) >= 11 is 1.61. The monoisotopic (exact) mass is 458 g/mol. The Balaban J connectivity index is 1.71. The average Bonchev–Trinajstić information content (AvgIpc) is 3.38. The van der Waals surface area contributed by atoms with E-state index in [0.29, 0.717) is 13.0 Å². The Morgan fingerprint density at radius 1 is 1.28 bits per heavy atom. The maximum Gasteiger partial charge on any atom is 0.243 e. The summed E-state index contributed by atoms with van der Waals surface area (Å²) in [5.41, 5.74) is 10.8. The van der Waals surface area contributed by atoms with Gasteiger partial charge in [-0.15, -0.1) is 11.3 Å². The molecular weight excluding hydrogens is 424 g/mol. The van der Waals surface area contributed by atoms with Crippen molar-refractivity contribution in [1.29, 1.82) is 0 Å². The van der Waals surface area contributed by atoms with Crippen LogP contribution in [-0.2, 0) is 14.3 Å². The predicted octanol–water partition coefficient (Wildman–Crippen LogP) is 3.29. The number of amides is 2. The molecule has 3 rings (SSSR count). The van der Waals surface area contributed by atoms with Crippen molar-refractivity contribution in [2.75, 3.05) is 13.7 Å². The summed E-state index contributed by atoms with van der Waals surface area (Å²) in [6.07, 6.45) is 0.278. The quantitative estimate of drug-likeness (QED) is 0.692. The van der Waals surface area contributed by atoms with E-state index in [4.69, 9.17) is 10.5 Å². The van der Waals surface area contributed by atoms with E-state index < -0.39 is 17.5 Å². The van der Waals surface area contributed by atoms with Gasteiger partial charge in [-0.25, -0.2) is 4.98 Å². The number of carbonyl (C=O) groups is 2. The number of carbonyl (C=O) groups excluding carboxylic acids is 2. The zero-order valence-corrected chi connectivity index (χ0v) is 20.5. The summed E-state index contributed by atoms with van der Waals surface area (Å²) in [4.78, 5) is 33.3. The van der Waals surface area contributed by atoms with Crippen LogP contribution in [0.3, 0.4) is 0 Å². The van der Waals surface area contributed by atoms with E-state index in [1.807, 2.05) is 64.4 Å². The molecule has 3 N–H and O–H groups in total. The van der Waals surface area contributed by atoms with Crippen LogP contribution in [0.25, 0.3) is 10.4 Å². The van der Waals surface area contributed by atoms with E-state index in [1.165, 1.54) is 0 Å². The van der Waals surface area contributed by atoms with Gasteiger partial charge in [-0.3, -0.25) is 9.59 Å². The van der Waals surface area contributed by atoms with E-state index in [1.54, 1.807) is 23.3 Å². The summed E-state index contributed by atoms with van der Waals surface area (Å²) < 4.78 is 5.47. The molecule has 2 heterocycles. The number of hydrogen-bond acceptors (Lipinski definition) is 6. The highest BCUT2D eigenvalue weighted by Crippen LogP contribution is 2.29. The van der Waals surface area contributed by atoms with Crippen molar-refractivity contribution in [1.82, 2.24) is 15.2 Å². The Hall–Kier alpha value is -2.29. The molecule has 7 nitrogen and oxygen atoms in total. The molecule has 2 aromatic rings.